The standard InChI is InChI=1S/C17H13BrN2OS/c18-16-11-10-15(22-16)17(21)20-14-8-6-13(7-9-14)19-12-4-2-1-3-5-12/h1-11,19H,(H,20,21). The van der Waals surface area contributed by atoms with E-state index in [4.69, 9.17) is 0 Å². The molecule has 0 radical (unpaired) electrons. The van der Waals surface area contributed by atoms with Crippen LogP contribution in [0.2, 0.25) is 0 Å². The van der Waals surface area contributed by atoms with Crippen molar-refractivity contribution in [3.63, 3.8) is 0 Å². The van der Waals surface area contributed by atoms with E-state index in [-0.39, 0.29) is 5.91 Å². The third-order valence-electron chi connectivity index (χ3n) is 3.00. The molecule has 0 aliphatic rings. The van der Waals surface area contributed by atoms with E-state index in [1.807, 2.05) is 60.7 Å². The molecule has 0 atom stereocenters. The van der Waals surface area contributed by atoms with Crippen molar-refractivity contribution in [1.29, 1.82) is 0 Å². The van der Waals surface area contributed by atoms with Crippen molar-refractivity contribution in [2.45, 2.75) is 0 Å². The minimum absolute atomic E-state index is 0.0977. The van der Waals surface area contributed by atoms with Crippen LogP contribution in [0.3, 0.4) is 0 Å². The highest BCUT2D eigenvalue weighted by Gasteiger charge is 2.08. The van der Waals surface area contributed by atoms with Gasteiger partial charge in [0.2, 0.25) is 0 Å². The lowest BCUT2D eigenvalue weighted by Gasteiger charge is -2.08. The maximum absolute atomic E-state index is 12.1. The Labute approximate surface area is 141 Å². The predicted molar refractivity (Wildman–Crippen MR) is 96.1 cm³/mol. The number of thiophene rings is 1. The van der Waals surface area contributed by atoms with Gasteiger partial charge >= 0.3 is 0 Å². The number of benzene rings is 2. The molecule has 0 saturated carbocycles. The molecule has 2 N–H and O–H groups in total. The van der Waals surface area contributed by atoms with Gasteiger partial charge in [-0.1, -0.05) is 18.2 Å². The van der Waals surface area contributed by atoms with E-state index in [1.54, 1.807) is 6.07 Å². The lowest BCUT2D eigenvalue weighted by atomic mass is 10.2. The largest absolute Gasteiger partial charge is 0.356 e. The molecule has 0 aliphatic heterocycles. The number of rotatable bonds is 4. The Bertz CT molecular complexity index is 769. The van der Waals surface area contributed by atoms with Gasteiger partial charge in [0, 0.05) is 17.1 Å². The third kappa shape index (κ3) is 3.75. The molecular weight excluding hydrogens is 360 g/mol. The molecule has 0 spiro atoms. The summed E-state index contributed by atoms with van der Waals surface area (Å²) >= 11 is 4.77. The van der Waals surface area contributed by atoms with Crippen LogP contribution in [-0.2, 0) is 0 Å². The molecule has 2 aromatic carbocycles. The number of hydrogen-bond acceptors (Lipinski definition) is 3. The highest BCUT2D eigenvalue weighted by atomic mass is 79.9. The summed E-state index contributed by atoms with van der Waals surface area (Å²) in [4.78, 5) is 12.7. The van der Waals surface area contributed by atoms with Gasteiger partial charge in [0.1, 0.15) is 0 Å². The maximum atomic E-state index is 12.1. The zero-order chi connectivity index (χ0) is 15.4. The normalized spacial score (nSPS) is 10.2. The summed E-state index contributed by atoms with van der Waals surface area (Å²) in [5.74, 6) is -0.0977. The molecule has 1 heterocycles. The number of para-hydroxylation sites is 1. The van der Waals surface area contributed by atoms with Crippen molar-refractivity contribution in [1.82, 2.24) is 0 Å². The summed E-state index contributed by atoms with van der Waals surface area (Å²) < 4.78 is 0.944. The average molecular weight is 373 g/mol. The molecule has 0 fully saturated rings. The lowest BCUT2D eigenvalue weighted by Crippen LogP contribution is -2.09. The minimum atomic E-state index is -0.0977. The van der Waals surface area contributed by atoms with E-state index in [0.29, 0.717) is 4.88 Å². The first-order valence-electron chi connectivity index (χ1n) is 6.69. The zero-order valence-electron chi connectivity index (χ0n) is 11.5. The van der Waals surface area contributed by atoms with Gasteiger partial charge in [-0.2, -0.15) is 0 Å². The van der Waals surface area contributed by atoms with E-state index < -0.39 is 0 Å². The molecule has 3 nitrogen and oxygen atoms in total. The highest BCUT2D eigenvalue weighted by Crippen LogP contribution is 2.24. The summed E-state index contributed by atoms with van der Waals surface area (Å²) in [6, 6.07) is 21.3. The number of carbonyl (C=O) groups is 1. The van der Waals surface area contributed by atoms with Crippen LogP contribution in [0, 0.1) is 0 Å². The number of carbonyl (C=O) groups excluding carboxylic acids is 1. The number of halogens is 1. The van der Waals surface area contributed by atoms with Crippen molar-refractivity contribution in [3.05, 3.63) is 75.4 Å². The van der Waals surface area contributed by atoms with Crippen LogP contribution >= 0.6 is 27.3 Å². The molecule has 110 valence electrons. The summed E-state index contributed by atoms with van der Waals surface area (Å²) in [6.45, 7) is 0. The van der Waals surface area contributed by atoms with Crippen molar-refractivity contribution in [2.75, 3.05) is 10.6 Å². The highest BCUT2D eigenvalue weighted by molar-refractivity contribution is 9.11. The Hall–Kier alpha value is -2.11. The molecule has 3 rings (SSSR count). The van der Waals surface area contributed by atoms with Crippen molar-refractivity contribution < 1.29 is 4.79 Å². The molecule has 1 amide bonds. The van der Waals surface area contributed by atoms with Crippen LogP contribution in [0.1, 0.15) is 9.67 Å². The van der Waals surface area contributed by atoms with E-state index in [0.717, 1.165) is 20.8 Å². The molecule has 0 bridgehead atoms. The van der Waals surface area contributed by atoms with Gasteiger partial charge < -0.3 is 10.6 Å². The molecule has 3 aromatic rings. The molecule has 5 heteroatoms. The van der Waals surface area contributed by atoms with Crippen LogP contribution in [0.15, 0.2) is 70.5 Å². The van der Waals surface area contributed by atoms with Crippen molar-refractivity contribution in [3.8, 4) is 0 Å². The van der Waals surface area contributed by atoms with E-state index in [2.05, 4.69) is 26.6 Å². The first-order chi connectivity index (χ1) is 10.7. The molecule has 1 aromatic heterocycles. The second-order valence-corrected chi connectivity index (χ2v) is 7.09. The Kier molecular flexibility index (Phi) is 4.56. The summed E-state index contributed by atoms with van der Waals surface area (Å²) in [5, 5.41) is 6.19. The molecule has 22 heavy (non-hydrogen) atoms. The quantitative estimate of drug-likeness (QED) is 0.634. The number of nitrogens with one attached hydrogen (secondary N) is 2. The first kappa shape index (κ1) is 14.8. The van der Waals surface area contributed by atoms with Gasteiger partial charge in [-0.25, -0.2) is 0 Å². The summed E-state index contributed by atoms with van der Waals surface area (Å²) in [7, 11) is 0. The van der Waals surface area contributed by atoms with Gasteiger partial charge in [-0.05, 0) is 64.5 Å². The average Bonchev–Trinajstić information content (AvgIpc) is 2.97. The van der Waals surface area contributed by atoms with Gasteiger partial charge in [0.25, 0.3) is 5.91 Å². The van der Waals surface area contributed by atoms with Gasteiger partial charge in [0.15, 0.2) is 0 Å². The molecule has 0 unspecified atom stereocenters. The van der Waals surface area contributed by atoms with Crippen molar-refractivity contribution >= 4 is 50.2 Å². The van der Waals surface area contributed by atoms with Crippen LogP contribution in [0.5, 0.6) is 0 Å². The van der Waals surface area contributed by atoms with Crippen molar-refractivity contribution in [2.24, 2.45) is 0 Å². The maximum Gasteiger partial charge on any atom is 0.265 e. The topological polar surface area (TPSA) is 41.1 Å². The van der Waals surface area contributed by atoms with E-state index in [1.165, 1.54) is 11.3 Å². The second kappa shape index (κ2) is 6.77. The summed E-state index contributed by atoms with van der Waals surface area (Å²) in [6.07, 6.45) is 0. The third-order valence-corrected chi connectivity index (χ3v) is 4.62. The van der Waals surface area contributed by atoms with Crippen LogP contribution in [-0.4, -0.2) is 5.91 Å². The first-order valence-corrected chi connectivity index (χ1v) is 8.30. The fraction of sp³-hybridized carbons (Fsp3) is 0. The minimum Gasteiger partial charge on any atom is -0.356 e. The molecule has 0 saturated heterocycles. The predicted octanol–water partition coefficient (Wildman–Crippen LogP) is 5.51. The smallest absolute Gasteiger partial charge is 0.265 e. The van der Waals surface area contributed by atoms with Gasteiger partial charge in [0.05, 0.1) is 8.66 Å². The number of hydrogen-bond donors (Lipinski definition) is 2. The fourth-order valence-electron chi connectivity index (χ4n) is 1.95. The van der Waals surface area contributed by atoms with Gasteiger partial charge in [-0.3, -0.25) is 4.79 Å². The Morgan fingerprint density at radius 1 is 0.818 bits per heavy atom. The Morgan fingerprint density at radius 3 is 2.09 bits per heavy atom. The molecular formula is C17H13BrN2OS. The lowest BCUT2D eigenvalue weighted by molar-refractivity contribution is 0.103. The number of amides is 1. The zero-order valence-corrected chi connectivity index (χ0v) is 13.9. The molecule has 0 aliphatic carbocycles. The second-order valence-electron chi connectivity index (χ2n) is 4.63. The van der Waals surface area contributed by atoms with E-state index in [9.17, 15) is 4.79 Å². The van der Waals surface area contributed by atoms with Crippen LogP contribution in [0.4, 0.5) is 17.1 Å². The van der Waals surface area contributed by atoms with Crippen LogP contribution < -0.4 is 10.6 Å². The Morgan fingerprint density at radius 2 is 1.45 bits per heavy atom. The number of anilines is 3. The van der Waals surface area contributed by atoms with Gasteiger partial charge in [-0.15, -0.1) is 11.3 Å². The summed E-state index contributed by atoms with van der Waals surface area (Å²) in [5.41, 5.74) is 2.78. The van der Waals surface area contributed by atoms with E-state index >= 15 is 0 Å². The Balaban J connectivity index is 1.65. The SMILES string of the molecule is O=C(Nc1ccc(Nc2ccccc2)cc1)c1ccc(Br)s1. The monoisotopic (exact) mass is 372 g/mol. The van der Waals surface area contributed by atoms with Crippen LogP contribution in [0.25, 0.3) is 0 Å². The fourth-order valence-corrected chi connectivity index (χ4v) is 3.24.